The van der Waals surface area contributed by atoms with Crippen molar-refractivity contribution in [3.8, 4) is 0 Å². The van der Waals surface area contributed by atoms with Gasteiger partial charge in [0.15, 0.2) is 0 Å². The zero-order valence-electron chi connectivity index (χ0n) is 15.1. The van der Waals surface area contributed by atoms with Gasteiger partial charge < -0.3 is 4.90 Å². The monoisotopic (exact) mass is 291 g/mol. The summed E-state index contributed by atoms with van der Waals surface area (Å²) in [5.74, 6) is 0. The van der Waals surface area contributed by atoms with Crippen LogP contribution in [0, 0.1) is 0 Å². The van der Waals surface area contributed by atoms with Gasteiger partial charge in [0.25, 0.3) is 0 Å². The predicted octanol–water partition coefficient (Wildman–Crippen LogP) is 5.96. The van der Waals surface area contributed by atoms with Crippen LogP contribution in [0.3, 0.4) is 0 Å². The van der Waals surface area contributed by atoms with Gasteiger partial charge in [0.2, 0.25) is 0 Å². The van der Waals surface area contributed by atoms with E-state index >= 15 is 0 Å². The van der Waals surface area contributed by atoms with Crippen LogP contribution in [0.1, 0.15) is 59.4 Å². The lowest BCUT2D eigenvalue weighted by Crippen LogP contribution is -2.31. The molecule has 0 bridgehead atoms. The minimum absolute atomic E-state index is 1.21. The van der Waals surface area contributed by atoms with Crippen LogP contribution < -0.4 is 0 Å². The number of hydrogen-bond acceptors (Lipinski definition) is 1. The zero-order chi connectivity index (χ0) is 16.3. The summed E-state index contributed by atoms with van der Waals surface area (Å²) < 4.78 is 0. The van der Waals surface area contributed by atoms with Crippen molar-refractivity contribution in [2.45, 2.75) is 60.3 Å². The Bertz CT molecular complexity index is 286. The van der Waals surface area contributed by atoms with E-state index in [9.17, 15) is 0 Å². The summed E-state index contributed by atoms with van der Waals surface area (Å²) in [5.41, 5.74) is 1.47. The molecule has 0 spiro atoms. The second kappa shape index (κ2) is 18.9. The summed E-state index contributed by atoms with van der Waals surface area (Å²) in [7, 11) is 0. The lowest BCUT2D eigenvalue weighted by atomic mass is 10.1. The molecule has 1 aromatic rings. The number of rotatable bonds is 3. The summed E-state index contributed by atoms with van der Waals surface area (Å²) >= 11 is 0. The van der Waals surface area contributed by atoms with Crippen molar-refractivity contribution in [2.75, 3.05) is 19.6 Å². The highest BCUT2D eigenvalue weighted by atomic mass is 15.1. The first kappa shape index (κ1) is 22.2. The maximum atomic E-state index is 3.36. The second-order valence-corrected chi connectivity index (χ2v) is 4.55. The van der Waals surface area contributed by atoms with Gasteiger partial charge in [0.05, 0.1) is 0 Å². The van der Waals surface area contributed by atoms with Gasteiger partial charge in [0, 0.05) is 6.54 Å². The molecule has 1 heteroatoms. The molecule has 1 fully saturated rings. The van der Waals surface area contributed by atoms with Crippen LogP contribution in [0.5, 0.6) is 0 Å². The standard InChI is InChI=1S/C13H19N.C3H6.2C2H6/c1-3-7-13(8-4-1)9-12-14-10-5-2-6-11-14;1-3-2;2*1-2/h1,3-4,7-8H,2,5-6,9-12H2;3H,1H2,2H3;2*1-2H3. The van der Waals surface area contributed by atoms with Crippen molar-refractivity contribution < 1.29 is 0 Å². The van der Waals surface area contributed by atoms with Crippen LogP contribution in [-0.2, 0) is 6.42 Å². The first-order valence-electron chi connectivity index (χ1n) is 8.70. The van der Waals surface area contributed by atoms with Crippen molar-refractivity contribution in [3.63, 3.8) is 0 Å². The van der Waals surface area contributed by atoms with Crippen molar-refractivity contribution >= 4 is 0 Å². The van der Waals surface area contributed by atoms with Crippen molar-refractivity contribution in [3.05, 3.63) is 48.6 Å². The highest BCUT2D eigenvalue weighted by Gasteiger charge is 2.08. The number of benzene rings is 1. The van der Waals surface area contributed by atoms with Crippen LogP contribution in [0.4, 0.5) is 0 Å². The molecule has 0 radical (unpaired) electrons. The molecule has 1 heterocycles. The molecule has 1 aliphatic rings. The third kappa shape index (κ3) is 13.7. The van der Waals surface area contributed by atoms with E-state index in [4.69, 9.17) is 0 Å². The molecule has 122 valence electrons. The first-order valence-corrected chi connectivity index (χ1v) is 8.70. The molecule has 0 amide bonds. The molecule has 1 aromatic carbocycles. The van der Waals surface area contributed by atoms with Crippen molar-refractivity contribution in [2.24, 2.45) is 0 Å². The van der Waals surface area contributed by atoms with E-state index in [1.807, 2.05) is 34.6 Å². The minimum atomic E-state index is 1.21. The Morgan fingerprint density at radius 2 is 1.43 bits per heavy atom. The lowest BCUT2D eigenvalue weighted by molar-refractivity contribution is 0.231. The third-order valence-electron chi connectivity index (χ3n) is 3.01. The number of allylic oxidation sites excluding steroid dienone is 1. The van der Waals surface area contributed by atoms with E-state index < -0.39 is 0 Å². The Labute approximate surface area is 134 Å². The van der Waals surface area contributed by atoms with Gasteiger partial charge in [-0.1, -0.05) is 70.5 Å². The zero-order valence-corrected chi connectivity index (χ0v) is 15.1. The third-order valence-corrected chi connectivity index (χ3v) is 3.01. The van der Waals surface area contributed by atoms with E-state index in [-0.39, 0.29) is 0 Å². The highest BCUT2D eigenvalue weighted by molar-refractivity contribution is 5.14. The van der Waals surface area contributed by atoms with E-state index in [1.54, 1.807) is 6.08 Å². The number of nitrogens with zero attached hydrogens (tertiary/aromatic N) is 1. The Kier molecular flexibility index (Phi) is 20.0. The van der Waals surface area contributed by atoms with E-state index in [0.717, 1.165) is 0 Å². The maximum Gasteiger partial charge on any atom is 0.00218 e. The molecule has 0 unspecified atom stereocenters. The maximum absolute atomic E-state index is 3.36. The number of hydrogen-bond donors (Lipinski definition) is 0. The predicted molar refractivity (Wildman–Crippen MR) is 99.0 cm³/mol. The van der Waals surface area contributed by atoms with E-state index in [2.05, 4.69) is 41.8 Å². The van der Waals surface area contributed by atoms with Crippen LogP contribution in [0.2, 0.25) is 0 Å². The van der Waals surface area contributed by atoms with Gasteiger partial charge in [0.1, 0.15) is 0 Å². The van der Waals surface area contributed by atoms with Gasteiger partial charge in [-0.15, -0.1) is 6.58 Å². The van der Waals surface area contributed by atoms with Gasteiger partial charge >= 0.3 is 0 Å². The molecule has 21 heavy (non-hydrogen) atoms. The fourth-order valence-electron chi connectivity index (χ4n) is 2.11. The molecule has 2 rings (SSSR count). The van der Waals surface area contributed by atoms with Crippen LogP contribution >= 0.6 is 0 Å². The average molecular weight is 292 g/mol. The fraction of sp³-hybridized carbons (Fsp3) is 0.600. The smallest absolute Gasteiger partial charge is 0.00218 e. The summed E-state index contributed by atoms with van der Waals surface area (Å²) in [6.07, 6.45) is 7.19. The molecular formula is C20H37N. The van der Waals surface area contributed by atoms with E-state index in [1.165, 1.54) is 50.9 Å². The summed E-state index contributed by atoms with van der Waals surface area (Å²) in [6, 6.07) is 10.8. The molecule has 0 aromatic heterocycles. The molecule has 1 aliphatic heterocycles. The molecular weight excluding hydrogens is 254 g/mol. The van der Waals surface area contributed by atoms with Gasteiger partial charge in [-0.2, -0.15) is 0 Å². The molecule has 1 saturated heterocycles. The SMILES string of the molecule is C=CC.CC.CC.c1ccc(CCN2CCCCC2)cc1. The summed E-state index contributed by atoms with van der Waals surface area (Å²) in [6.45, 7) is 17.1. The molecule has 0 atom stereocenters. The van der Waals surface area contributed by atoms with Gasteiger partial charge in [-0.3, -0.25) is 0 Å². The Morgan fingerprint density at radius 1 is 0.952 bits per heavy atom. The molecule has 1 nitrogen and oxygen atoms in total. The van der Waals surface area contributed by atoms with Crippen LogP contribution in [0.25, 0.3) is 0 Å². The number of likely N-dealkylation sites (tertiary alicyclic amines) is 1. The Morgan fingerprint density at radius 3 is 1.90 bits per heavy atom. The lowest BCUT2D eigenvalue weighted by Gasteiger charge is -2.26. The normalized spacial score (nSPS) is 13.4. The summed E-state index contributed by atoms with van der Waals surface area (Å²) in [4.78, 5) is 2.59. The molecule has 0 saturated carbocycles. The molecule has 0 aliphatic carbocycles. The Balaban J connectivity index is 0. The van der Waals surface area contributed by atoms with Crippen LogP contribution in [0.15, 0.2) is 43.0 Å². The quantitative estimate of drug-likeness (QED) is 0.621. The molecule has 0 N–H and O–H groups in total. The van der Waals surface area contributed by atoms with Crippen molar-refractivity contribution in [1.29, 1.82) is 0 Å². The number of piperidine rings is 1. The van der Waals surface area contributed by atoms with Gasteiger partial charge in [-0.25, -0.2) is 0 Å². The average Bonchev–Trinajstić information content (AvgIpc) is 2.59. The Hall–Kier alpha value is -1.08. The topological polar surface area (TPSA) is 3.24 Å². The van der Waals surface area contributed by atoms with Crippen molar-refractivity contribution in [1.82, 2.24) is 4.90 Å². The van der Waals surface area contributed by atoms with Gasteiger partial charge in [-0.05, 0) is 44.8 Å². The van der Waals surface area contributed by atoms with E-state index in [0.29, 0.717) is 0 Å². The fourth-order valence-corrected chi connectivity index (χ4v) is 2.11. The second-order valence-electron chi connectivity index (χ2n) is 4.55. The van der Waals surface area contributed by atoms with Crippen LogP contribution in [-0.4, -0.2) is 24.5 Å². The highest BCUT2D eigenvalue weighted by Crippen LogP contribution is 2.09. The summed E-state index contributed by atoms with van der Waals surface area (Å²) in [5, 5.41) is 0. The largest absolute Gasteiger partial charge is 0.303 e. The minimum Gasteiger partial charge on any atom is -0.303 e. The first-order chi connectivity index (χ1) is 10.4.